The zero-order chi connectivity index (χ0) is 14.7. The van der Waals surface area contributed by atoms with Gasteiger partial charge in [0.1, 0.15) is 5.82 Å². The minimum atomic E-state index is 0.336. The number of rotatable bonds is 3. The summed E-state index contributed by atoms with van der Waals surface area (Å²) < 4.78 is 0. The molecule has 1 atom stereocenters. The van der Waals surface area contributed by atoms with Crippen LogP contribution in [0.4, 0.5) is 11.5 Å². The number of hydrogen-bond acceptors (Lipinski definition) is 3. The predicted molar refractivity (Wildman–Crippen MR) is 88.1 cm³/mol. The van der Waals surface area contributed by atoms with Gasteiger partial charge in [-0.2, -0.15) is 0 Å². The summed E-state index contributed by atoms with van der Waals surface area (Å²) in [6, 6.07) is 13.4. The summed E-state index contributed by atoms with van der Waals surface area (Å²) in [5.41, 5.74) is 3.98. The highest BCUT2D eigenvalue weighted by molar-refractivity contribution is 5.64. The molecule has 0 spiro atoms. The summed E-state index contributed by atoms with van der Waals surface area (Å²) in [4.78, 5) is 7.06. The topological polar surface area (TPSA) is 28.2 Å². The lowest BCUT2D eigenvalue weighted by Gasteiger charge is -2.24. The Morgan fingerprint density at radius 1 is 1.14 bits per heavy atom. The molecule has 0 radical (unpaired) electrons. The molecule has 2 heterocycles. The van der Waals surface area contributed by atoms with Crippen LogP contribution in [0.3, 0.4) is 0 Å². The molecule has 0 amide bonds. The molecule has 0 aliphatic carbocycles. The Hall–Kier alpha value is -1.87. The first-order chi connectivity index (χ1) is 10.3. The maximum atomic E-state index is 4.70. The number of nitrogens with zero attached hydrogens (tertiary/aromatic N) is 2. The minimum Gasteiger partial charge on any atom is -0.326 e. The van der Waals surface area contributed by atoms with Gasteiger partial charge in [0.2, 0.25) is 0 Å². The molecule has 1 N–H and O–H groups in total. The molecule has 1 aliphatic heterocycles. The first-order valence-corrected chi connectivity index (χ1v) is 7.78. The van der Waals surface area contributed by atoms with E-state index in [-0.39, 0.29) is 0 Å². The minimum absolute atomic E-state index is 0.336. The second-order valence-electron chi connectivity index (χ2n) is 5.70. The van der Waals surface area contributed by atoms with Crippen LogP contribution in [0, 0.1) is 0 Å². The van der Waals surface area contributed by atoms with Gasteiger partial charge in [-0.25, -0.2) is 4.98 Å². The van der Waals surface area contributed by atoms with Crippen molar-refractivity contribution in [2.75, 3.05) is 18.5 Å². The molecule has 110 valence electrons. The summed E-state index contributed by atoms with van der Waals surface area (Å²) in [5.74, 6) is 1.05. The summed E-state index contributed by atoms with van der Waals surface area (Å²) in [6.45, 7) is 3.20. The molecule has 3 nitrogen and oxygen atoms in total. The van der Waals surface area contributed by atoms with Crippen molar-refractivity contribution in [3.8, 4) is 0 Å². The number of pyridine rings is 1. The average molecular weight is 281 g/mol. The molecule has 0 saturated heterocycles. The summed E-state index contributed by atoms with van der Waals surface area (Å²) >= 11 is 0. The van der Waals surface area contributed by atoms with Gasteiger partial charge in [0, 0.05) is 24.5 Å². The van der Waals surface area contributed by atoms with Gasteiger partial charge in [-0.05, 0) is 56.5 Å². The van der Waals surface area contributed by atoms with E-state index >= 15 is 0 Å². The van der Waals surface area contributed by atoms with E-state index in [9.17, 15) is 0 Å². The van der Waals surface area contributed by atoms with Crippen molar-refractivity contribution in [2.45, 2.75) is 32.2 Å². The van der Waals surface area contributed by atoms with Crippen LogP contribution >= 0.6 is 0 Å². The van der Waals surface area contributed by atoms with Crippen LogP contribution < -0.4 is 10.2 Å². The van der Waals surface area contributed by atoms with Gasteiger partial charge in [-0.1, -0.05) is 24.3 Å². The van der Waals surface area contributed by atoms with E-state index < -0.39 is 0 Å². The van der Waals surface area contributed by atoms with E-state index in [1.165, 1.54) is 36.1 Å². The highest BCUT2D eigenvalue weighted by Gasteiger charge is 2.17. The van der Waals surface area contributed by atoms with Crippen molar-refractivity contribution in [1.29, 1.82) is 0 Å². The van der Waals surface area contributed by atoms with Crippen molar-refractivity contribution >= 4 is 11.5 Å². The zero-order valence-electron chi connectivity index (χ0n) is 12.8. The average Bonchev–Trinajstić information content (AvgIpc) is 2.77. The first kappa shape index (κ1) is 14.1. The van der Waals surface area contributed by atoms with Crippen molar-refractivity contribution in [3.63, 3.8) is 0 Å². The number of fused-ring (bicyclic) bond motifs is 1. The molecule has 2 aromatic rings. The molecule has 0 fully saturated rings. The largest absolute Gasteiger partial charge is 0.326 e. The van der Waals surface area contributed by atoms with Gasteiger partial charge in [0.25, 0.3) is 0 Å². The van der Waals surface area contributed by atoms with Gasteiger partial charge >= 0.3 is 0 Å². The van der Waals surface area contributed by atoms with Crippen LogP contribution in [-0.2, 0) is 6.42 Å². The maximum absolute atomic E-state index is 4.70. The number of benzene rings is 1. The maximum Gasteiger partial charge on any atom is 0.132 e. The van der Waals surface area contributed by atoms with Crippen molar-refractivity contribution in [3.05, 3.63) is 53.7 Å². The molecule has 1 aromatic carbocycles. The van der Waals surface area contributed by atoms with E-state index in [1.54, 1.807) is 0 Å². The Labute approximate surface area is 127 Å². The number of nitrogens with one attached hydrogen (secondary N) is 1. The number of aromatic nitrogens is 1. The smallest absolute Gasteiger partial charge is 0.132 e. The Bertz CT molecular complexity index is 592. The Morgan fingerprint density at radius 2 is 2.00 bits per heavy atom. The van der Waals surface area contributed by atoms with Crippen LogP contribution in [-0.4, -0.2) is 18.6 Å². The first-order valence-electron chi connectivity index (χ1n) is 7.78. The summed E-state index contributed by atoms with van der Waals surface area (Å²) in [6.07, 6.45) is 5.62. The molecular weight excluding hydrogens is 258 g/mol. The molecule has 21 heavy (non-hydrogen) atoms. The number of aryl methyl sites for hydroxylation is 1. The molecule has 0 saturated carbocycles. The van der Waals surface area contributed by atoms with Gasteiger partial charge in [-0.15, -0.1) is 0 Å². The van der Waals surface area contributed by atoms with E-state index in [2.05, 4.69) is 53.5 Å². The standard InChI is InChI=1S/C18H23N3/c1-14(19-2)16-10-11-18(20-13-16)21-12-6-5-8-15-7-3-4-9-17(15)21/h3-4,7,9-11,13-14,19H,5-6,8,12H2,1-2H3. The van der Waals surface area contributed by atoms with Gasteiger partial charge in [-0.3, -0.25) is 0 Å². The van der Waals surface area contributed by atoms with E-state index in [4.69, 9.17) is 4.98 Å². The number of anilines is 2. The van der Waals surface area contributed by atoms with Crippen LogP contribution in [0.2, 0.25) is 0 Å². The monoisotopic (exact) mass is 281 g/mol. The third kappa shape index (κ3) is 2.93. The van der Waals surface area contributed by atoms with Crippen LogP contribution in [0.1, 0.15) is 36.9 Å². The highest BCUT2D eigenvalue weighted by Crippen LogP contribution is 2.31. The molecule has 0 bridgehead atoms. The lowest BCUT2D eigenvalue weighted by atomic mass is 10.1. The van der Waals surface area contributed by atoms with Crippen LogP contribution in [0.25, 0.3) is 0 Å². The zero-order valence-corrected chi connectivity index (χ0v) is 12.8. The van der Waals surface area contributed by atoms with Crippen molar-refractivity contribution in [1.82, 2.24) is 10.3 Å². The van der Waals surface area contributed by atoms with Gasteiger partial charge in [0.15, 0.2) is 0 Å². The van der Waals surface area contributed by atoms with Crippen molar-refractivity contribution in [2.24, 2.45) is 0 Å². The molecule has 1 aromatic heterocycles. The van der Waals surface area contributed by atoms with E-state index in [0.29, 0.717) is 6.04 Å². The number of para-hydroxylation sites is 1. The lowest BCUT2D eigenvalue weighted by molar-refractivity contribution is 0.649. The van der Waals surface area contributed by atoms with E-state index in [0.717, 1.165) is 12.4 Å². The molecule has 1 aliphatic rings. The van der Waals surface area contributed by atoms with Gasteiger partial charge in [0.05, 0.1) is 0 Å². The normalized spacial score (nSPS) is 16.2. The summed E-state index contributed by atoms with van der Waals surface area (Å²) in [7, 11) is 1.98. The predicted octanol–water partition coefficient (Wildman–Crippen LogP) is 3.84. The number of hydrogen-bond donors (Lipinski definition) is 1. The van der Waals surface area contributed by atoms with Gasteiger partial charge < -0.3 is 10.2 Å². The lowest BCUT2D eigenvalue weighted by Crippen LogP contribution is -2.19. The SMILES string of the molecule is CNC(C)c1ccc(N2CCCCc3ccccc32)nc1. The second-order valence-corrected chi connectivity index (χ2v) is 5.70. The fourth-order valence-electron chi connectivity index (χ4n) is 2.91. The Balaban J connectivity index is 1.93. The summed E-state index contributed by atoms with van der Waals surface area (Å²) in [5, 5.41) is 3.25. The molecular formula is C18H23N3. The quantitative estimate of drug-likeness (QED) is 0.926. The molecule has 3 heteroatoms. The van der Waals surface area contributed by atoms with E-state index in [1.807, 2.05) is 13.2 Å². The fourth-order valence-corrected chi connectivity index (χ4v) is 2.91. The van der Waals surface area contributed by atoms with Crippen molar-refractivity contribution < 1.29 is 0 Å². The highest BCUT2D eigenvalue weighted by atomic mass is 15.2. The molecule has 3 rings (SSSR count). The molecule has 1 unspecified atom stereocenters. The van der Waals surface area contributed by atoms with Crippen LogP contribution in [0.5, 0.6) is 0 Å². The second kappa shape index (κ2) is 6.27. The van der Waals surface area contributed by atoms with Crippen LogP contribution in [0.15, 0.2) is 42.6 Å². The third-order valence-corrected chi connectivity index (χ3v) is 4.34. The third-order valence-electron chi connectivity index (χ3n) is 4.34. The fraction of sp³-hybridized carbons (Fsp3) is 0.389. The Kier molecular flexibility index (Phi) is 4.20. The Morgan fingerprint density at radius 3 is 2.76 bits per heavy atom.